The van der Waals surface area contributed by atoms with Gasteiger partial charge in [-0.3, -0.25) is 4.18 Å². The third-order valence-corrected chi connectivity index (χ3v) is 3.15. The van der Waals surface area contributed by atoms with Gasteiger partial charge in [-0.2, -0.15) is 12.7 Å². The molecule has 0 amide bonds. The lowest BCUT2D eigenvalue weighted by Crippen LogP contribution is -2.35. The zero-order valence-corrected chi connectivity index (χ0v) is 9.05. The Morgan fingerprint density at radius 2 is 1.58 bits per heavy atom. The SMILES string of the molecule is CC(C)OS(=O)(=O)N(C)C(C)C. The van der Waals surface area contributed by atoms with Crippen LogP contribution in [-0.2, 0) is 14.5 Å². The second-order valence-corrected chi connectivity index (χ2v) is 4.84. The molecule has 4 nitrogen and oxygen atoms in total. The summed E-state index contributed by atoms with van der Waals surface area (Å²) in [7, 11) is -2.02. The third kappa shape index (κ3) is 3.51. The fraction of sp³-hybridized carbons (Fsp3) is 1.00. The van der Waals surface area contributed by atoms with Crippen molar-refractivity contribution in [1.29, 1.82) is 0 Å². The molecule has 0 spiro atoms. The van der Waals surface area contributed by atoms with Gasteiger partial charge in [-0.05, 0) is 27.7 Å². The van der Waals surface area contributed by atoms with Crippen LogP contribution in [0.4, 0.5) is 0 Å². The van der Waals surface area contributed by atoms with Crippen molar-refractivity contribution in [3.8, 4) is 0 Å². The van der Waals surface area contributed by atoms with Crippen molar-refractivity contribution in [2.24, 2.45) is 0 Å². The number of hydrogen-bond donors (Lipinski definition) is 0. The summed E-state index contributed by atoms with van der Waals surface area (Å²) in [6.07, 6.45) is -0.309. The highest BCUT2D eigenvalue weighted by Crippen LogP contribution is 2.07. The fourth-order valence-electron chi connectivity index (χ4n) is 0.569. The first-order valence-electron chi connectivity index (χ1n) is 3.93. The van der Waals surface area contributed by atoms with E-state index in [1.807, 2.05) is 0 Å². The minimum absolute atomic E-state index is 0.0752. The lowest BCUT2D eigenvalue weighted by atomic mass is 10.4. The standard InChI is InChI=1S/C7H17NO3S/c1-6(2)8(5)12(9,10)11-7(3)4/h6-7H,1-5H3. The molecule has 74 valence electrons. The van der Waals surface area contributed by atoms with Crippen LogP contribution >= 0.6 is 0 Å². The Kier molecular flexibility index (Phi) is 4.16. The van der Waals surface area contributed by atoms with Crippen LogP contribution in [0.3, 0.4) is 0 Å². The Morgan fingerprint density at radius 3 is 1.83 bits per heavy atom. The van der Waals surface area contributed by atoms with Gasteiger partial charge in [0.25, 0.3) is 0 Å². The quantitative estimate of drug-likeness (QED) is 0.672. The van der Waals surface area contributed by atoms with E-state index in [9.17, 15) is 8.42 Å². The van der Waals surface area contributed by atoms with E-state index in [4.69, 9.17) is 4.18 Å². The van der Waals surface area contributed by atoms with Crippen LogP contribution in [0.5, 0.6) is 0 Å². The molecule has 0 rings (SSSR count). The molecule has 0 atom stereocenters. The Morgan fingerprint density at radius 1 is 1.17 bits per heavy atom. The molecule has 5 heteroatoms. The van der Waals surface area contributed by atoms with Crippen molar-refractivity contribution in [3.63, 3.8) is 0 Å². The summed E-state index contributed by atoms with van der Waals surface area (Å²) in [5, 5.41) is 0. The predicted molar refractivity (Wildman–Crippen MR) is 48.0 cm³/mol. The van der Waals surface area contributed by atoms with Gasteiger partial charge in [0.2, 0.25) is 0 Å². The lowest BCUT2D eigenvalue weighted by Gasteiger charge is -2.21. The van der Waals surface area contributed by atoms with Gasteiger partial charge in [0.15, 0.2) is 0 Å². The molecule has 0 aromatic rings. The molecule has 0 bridgehead atoms. The van der Waals surface area contributed by atoms with Crippen LogP contribution in [0.15, 0.2) is 0 Å². The molecule has 0 saturated heterocycles. The Balaban J connectivity index is 4.41. The number of hydrogen-bond acceptors (Lipinski definition) is 3. The van der Waals surface area contributed by atoms with Crippen LogP contribution in [0.1, 0.15) is 27.7 Å². The van der Waals surface area contributed by atoms with Gasteiger partial charge < -0.3 is 0 Å². The summed E-state index contributed by atoms with van der Waals surface area (Å²) < 4.78 is 28.5. The van der Waals surface area contributed by atoms with Crippen molar-refractivity contribution >= 4 is 10.3 Å². The Hall–Kier alpha value is -0.130. The highest BCUT2D eigenvalue weighted by molar-refractivity contribution is 7.84. The van der Waals surface area contributed by atoms with Gasteiger partial charge in [-0.1, -0.05) is 0 Å². The summed E-state index contributed by atoms with van der Waals surface area (Å²) in [6, 6.07) is -0.0752. The molecular weight excluding hydrogens is 178 g/mol. The van der Waals surface area contributed by atoms with E-state index < -0.39 is 10.3 Å². The van der Waals surface area contributed by atoms with Gasteiger partial charge >= 0.3 is 10.3 Å². The van der Waals surface area contributed by atoms with E-state index in [0.717, 1.165) is 0 Å². The summed E-state index contributed by atoms with van der Waals surface area (Å²) in [5.41, 5.74) is 0. The van der Waals surface area contributed by atoms with Gasteiger partial charge in [0.1, 0.15) is 0 Å². The highest BCUT2D eigenvalue weighted by atomic mass is 32.2. The first-order valence-corrected chi connectivity index (χ1v) is 5.30. The minimum atomic E-state index is -3.53. The Bertz CT molecular complexity index is 221. The van der Waals surface area contributed by atoms with E-state index >= 15 is 0 Å². The molecule has 0 heterocycles. The topological polar surface area (TPSA) is 46.6 Å². The normalized spacial score (nSPS) is 13.3. The van der Waals surface area contributed by atoms with Crippen LogP contribution < -0.4 is 0 Å². The summed E-state index contributed by atoms with van der Waals surface area (Å²) >= 11 is 0. The highest BCUT2D eigenvalue weighted by Gasteiger charge is 2.22. The molecule has 0 aliphatic rings. The summed E-state index contributed by atoms with van der Waals surface area (Å²) in [5.74, 6) is 0. The first kappa shape index (κ1) is 11.9. The largest absolute Gasteiger partial charge is 0.338 e. The average Bonchev–Trinajstić information content (AvgIpc) is 1.82. The zero-order valence-electron chi connectivity index (χ0n) is 8.23. The van der Waals surface area contributed by atoms with Gasteiger partial charge in [0, 0.05) is 13.1 Å². The summed E-state index contributed by atoms with van der Waals surface area (Å²) in [6.45, 7) is 6.96. The molecule has 0 aliphatic carbocycles. The van der Waals surface area contributed by atoms with Gasteiger partial charge in [-0.15, -0.1) is 0 Å². The van der Waals surface area contributed by atoms with Crippen LogP contribution in [-0.4, -0.2) is 31.9 Å². The molecule has 0 aliphatic heterocycles. The maximum atomic E-state index is 11.3. The minimum Gasteiger partial charge on any atom is -0.255 e. The maximum absolute atomic E-state index is 11.3. The van der Waals surface area contributed by atoms with E-state index in [1.54, 1.807) is 27.7 Å². The van der Waals surface area contributed by atoms with Crippen molar-refractivity contribution < 1.29 is 12.6 Å². The summed E-state index contributed by atoms with van der Waals surface area (Å²) in [4.78, 5) is 0. The van der Waals surface area contributed by atoms with Crippen LogP contribution in [0.25, 0.3) is 0 Å². The van der Waals surface area contributed by atoms with Crippen LogP contribution in [0.2, 0.25) is 0 Å². The molecule has 0 N–H and O–H groups in total. The molecule has 0 fully saturated rings. The van der Waals surface area contributed by atoms with Crippen molar-refractivity contribution in [1.82, 2.24) is 4.31 Å². The molecule has 0 radical (unpaired) electrons. The monoisotopic (exact) mass is 195 g/mol. The van der Waals surface area contributed by atoms with Crippen molar-refractivity contribution in [3.05, 3.63) is 0 Å². The second-order valence-electron chi connectivity index (χ2n) is 3.21. The third-order valence-electron chi connectivity index (χ3n) is 1.39. The van der Waals surface area contributed by atoms with E-state index in [2.05, 4.69) is 0 Å². The van der Waals surface area contributed by atoms with Gasteiger partial charge in [0.05, 0.1) is 6.10 Å². The molecular formula is C7H17NO3S. The fourth-order valence-corrected chi connectivity index (χ4v) is 1.71. The molecule has 0 unspecified atom stereocenters. The van der Waals surface area contributed by atoms with E-state index in [1.165, 1.54) is 11.4 Å². The second kappa shape index (κ2) is 4.20. The van der Waals surface area contributed by atoms with Crippen molar-refractivity contribution in [2.75, 3.05) is 7.05 Å². The molecule has 0 saturated carbocycles. The zero-order chi connectivity index (χ0) is 9.94. The molecule has 0 aromatic heterocycles. The lowest BCUT2D eigenvalue weighted by molar-refractivity contribution is 0.214. The smallest absolute Gasteiger partial charge is 0.255 e. The first-order chi connectivity index (χ1) is 5.27. The van der Waals surface area contributed by atoms with Crippen LogP contribution in [0, 0.1) is 0 Å². The van der Waals surface area contributed by atoms with Gasteiger partial charge in [-0.25, -0.2) is 0 Å². The molecule has 0 aromatic carbocycles. The maximum Gasteiger partial charge on any atom is 0.338 e. The van der Waals surface area contributed by atoms with E-state index in [0.29, 0.717) is 0 Å². The molecule has 12 heavy (non-hydrogen) atoms. The Labute approximate surface area is 74.8 Å². The predicted octanol–water partition coefficient (Wildman–Crippen LogP) is 0.996. The number of rotatable bonds is 4. The van der Waals surface area contributed by atoms with E-state index in [-0.39, 0.29) is 12.1 Å². The number of nitrogens with zero attached hydrogens (tertiary/aromatic N) is 1. The van der Waals surface area contributed by atoms with Crippen molar-refractivity contribution in [2.45, 2.75) is 39.8 Å². The average molecular weight is 195 g/mol.